The first-order chi connectivity index (χ1) is 7.15. The van der Waals surface area contributed by atoms with Gasteiger partial charge in [0.2, 0.25) is 5.91 Å². The number of hydrogen-bond acceptors (Lipinski definition) is 4. The molecule has 0 heterocycles. The van der Waals surface area contributed by atoms with Gasteiger partial charge < -0.3 is 10.5 Å². The van der Waals surface area contributed by atoms with Crippen LogP contribution in [0.4, 0.5) is 0 Å². The van der Waals surface area contributed by atoms with E-state index < -0.39 is 12.1 Å². The van der Waals surface area contributed by atoms with Crippen molar-refractivity contribution in [3.05, 3.63) is 30.0 Å². The summed E-state index contributed by atoms with van der Waals surface area (Å²) in [7, 11) is 0. The number of nitrogens with zero attached hydrogens (tertiary/aromatic N) is 2. The van der Waals surface area contributed by atoms with Crippen LogP contribution in [0.2, 0.25) is 0 Å². The van der Waals surface area contributed by atoms with E-state index in [1.807, 2.05) is 6.92 Å². The smallest absolute Gasteiger partial charge is 0.242 e. The summed E-state index contributed by atoms with van der Waals surface area (Å²) in [6.45, 7) is 5.32. The first kappa shape index (κ1) is 13.2. The number of hydrogen-bond donors (Lipinski definition) is 1. The number of rotatable bonds is 8. The second-order valence-electron chi connectivity index (χ2n) is 2.73. The second kappa shape index (κ2) is 7.54. The molecule has 0 aromatic rings. The summed E-state index contributed by atoms with van der Waals surface area (Å²) in [5.41, 5.74) is 4.89. The van der Waals surface area contributed by atoms with Gasteiger partial charge in [0.1, 0.15) is 0 Å². The molecule has 2 N–H and O–H groups in total. The Hall–Kier alpha value is -1.85. The lowest BCUT2D eigenvalue weighted by molar-refractivity contribution is -0.113. The van der Waals surface area contributed by atoms with E-state index in [1.54, 1.807) is 0 Å². The van der Waals surface area contributed by atoms with Gasteiger partial charge in [0, 0.05) is 18.7 Å². The quantitative estimate of drug-likeness (QED) is 0.216. The van der Waals surface area contributed by atoms with E-state index in [4.69, 9.17) is 10.5 Å². The molecule has 0 aromatic heterocycles. The Labute approximate surface area is 88.3 Å². The van der Waals surface area contributed by atoms with Crippen molar-refractivity contribution in [2.45, 2.75) is 26.0 Å². The van der Waals surface area contributed by atoms with E-state index in [0.29, 0.717) is 6.42 Å². The van der Waals surface area contributed by atoms with E-state index in [-0.39, 0.29) is 0 Å². The lowest BCUT2D eigenvalue weighted by Crippen LogP contribution is -2.27. The van der Waals surface area contributed by atoms with Crippen LogP contribution in [0.25, 0.3) is 0 Å². The largest absolute Gasteiger partial charge is 0.477 e. The maximum atomic E-state index is 10.5. The highest BCUT2D eigenvalue weighted by Gasteiger charge is 2.15. The number of carbonyl (C=O) groups excluding carboxylic acids is 1. The van der Waals surface area contributed by atoms with Gasteiger partial charge in [0.25, 0.3) is 0 Å². The van der Waals surface area contributed by atoms with Crippen molar-refractivity contribution in [2.24, 2.45) is 11.0 Å². The molecular weight excluding hydrogens is 198 g/mol. The maximum absolute atomic E-state index is 10.5. The van der Waals surface area contributed by atoms with Crippen LogP contribution in [-0.4, -0.2) is 17.1 Å². The zero-order chi connectivity index (χ0) is 11.7. The lowest BCUT2D eigenvalue weighted by Gasteiger charge is -2.21. The van der Waals surface area contributed by atoms with Gasteiger partial charge in [0.15, 0.2) is 6.23 Å². The van der Waals surface area contributed by atoms with Crippen molar-refractivity contribution >= 4 is 5.91 Å². The Morgan fingerprint density at radius 1 is 1.73 bits per heavy atom. The molecule has 6 nitrogen and oxygen atoms in total. The molecule has 0 aliphatic heterocycles. The van der Waals surface area contributed by atoms with Gasteiger partial charge in [0.05, 0.1) is 11.5 Å². The molecule has 0 aliphatic carbocycles. The average Bonchev–Trinajstić information content (AvgIpc) is 2.19. The first-order valence-electron chi connectivity index (χ1n) is 4.51. The van der Waals surface area contributed by atoms with Gasteiger partial charge in [-0.25, -0.2) is 0 Å². The van der Waals surface area contributed by atoms with E-state index in [2.05, 4.69) is 11.9 Å². The third-order valence-corrected chi connectivity index (χ3v) is 1.57. The molecular formula is C9H15N3O3. The molecule has 0 aliphatic rings. The van der Waals surface area contributed by atoms with E-state index in [0.717, 1.165) is 17.5 Å². The molecule has 1 amide bonds. The number of nitroso groups, excluding NO2 is 1. The van der Waals surface area contributed by atoms with Crippen LogP contribution < -0.4 is 5.73 Å². The van der Waals surface area contributed by atoms with E-state index in [1.165, 1.54) is 12.5 Å². The third kappa shape index (κ3) is 5.45. The molecule has 0 saturated carbocycles. The summed E-state index contributed by atoms with van der Waals surface area (Å²) < 4.78 is 5.06. The fraction of sp³-hybridized carbons (Fsp3) is 0.444. The highest BCUT2D eigenvalue weighted by molar-refractivity contribution is 5.85. The van der Waals surface area contributed by atoms with E-state index in [9.17, 15) is 9.70 Å². The fourth-order valence-corrected chi connectivity index (χ4v) is 0.946. The molecule has 0 bridgehead atoms. The van der Waals surface area contributed by atoms with Crippen LogP contribution in [0.15, 0.2) is 30.4 Å². The predicted octanol–water partition coefficient (Wildman–Crippen LogP) is 1.26. The second-order valence-corrected chi connectivity index (χ2v) is 2.73. The molecule has 0 aromatic carbocycles. The Bertz CT molecular complexity index is 253. The van der Waals surface area contributed by atoms with Crippen molar-refractivity contribution in [3.8, 4) is 0 Å². The van der Waals surface area contributed by atoms with Crippen LogP contribution in [0.1, 0.15) is 19.8 Å². The summed E-state index contributed by atoms with van der Waals surface area (Å²) >= 11 is 0. The fourth-order valence-electron chi connectivity index (χ4n) is 0.946. The van der Waals surface area contributed by atoms with Crippen LogP contribution in [-0.2, 0) is 9.53 Å². The molecule has 0 fully saturated rings. The van der Waals surface area contributed by atoms with Crippen molar-refractivity contribution in [3.63, 3.8) is 0 Å². The first-order valence-corrected chi connectivity index (χ1v) is 4.51. The summed E-state index contributed by atoms with van der Waals surface area (Å²) in [6, 6.07) is 0. The number of primary amides is 1. The van der Waals surface area contributed by atoms with Gasteiger partial charge in [-0.2, -0.15) is 5.01 Å². The Kier molecular flexibility index (Phi) is 6.61. The molecule has 1 unspecified atom stereocenters. The van der Waals surface area contributed by atoms with Gasteiger partial charge in [-0.15, -0.1) is 4.91 Å². The van der Waals surface area contributed by atoms with Crippen LogP contribution >= 0.6 is 0 Å². The topological polar surface area (TPSA) is 85.0 Å². The molecule has 0 radical (unpaired) electrons. The van der Waals surface area contributed by atoms with Gasteiger partial charge in [-0.1, -0.05) is 19.9 Å². The van der Waals surface area contributed by atoms with Crippen molar-refractivity contribution in [1.82, 2.24) is 5.01 Å². The molecule has 0 spiro atoms. The SMILES string of the molecule is C=COC(CCC)N(/C=C\C(N)=O)N=O. The minimum Gasteiger partial charge on any atom is -0.477 e. The lowest BCUT2D eigenvalue weighted by atomic mass is 10.3. The van der Waals surface area contributed by atoms with Gasteiger partial charge in [-0.3, -0.25) is 4.79 Å². The minimum atomic E-state index is -0.655. The minimum absolute atomic E-state index is 0.555. The Morgan fingerprint density at radius 2 is 2.40 bits per heavy atom. The highest BCUT2D eigenvalue weighted by atomic mass is 16.5. The zero-order valence-electron chi connectivity index (χ0n) is 8.63. The third-order valence-electron chi connectivity index (χ3n) is 1.57. The molecule has 0 rings (SSSR count). The van der Waals surface area contributed by atoms with Gasteiger partial charge >= 0.3 is 0 Å². The highest BCUT2D eigenvalue weighted by Crippen LogP contribution is 2.10. The van der Waals surface area contributed by atoms with Gasteiger partial charge in [-0.05, 0) is 0 Å². The predicted molar refractivity (Wildman–Crippen MR) is 55.9 cm³/mol. The van der Waals surface area contributed by atoms with E-state index >= 15 is 0 Å². The number of ether oxygens (including phenoxy) is 1. The van der Waals surface area contributed by atoms with Crippen molar-refractivity contribution in [2.75, 3.05) is 0 Å². The Balaban J connectivity index is 4.49. The van der Waals surface area contributed by atoms with Crippen LogP contribution in [0.3, 0.4) is 0 Å². The number of carbonyl (C=O) groups is 1. The summed E-state index contributed by atoms with van der Waals surface area (Å²) in [5.74, 6) is -0.655. The molecule has 15 heavy (non-hydrogen) atoms. The molecule has 84 valence electrons. The number of amides is 1. The molecule has 0 saturated heterocycles. The maximum Gasteiger partial charge on any atom is 0.242 e. The Morgan fingerprint density at radius 3 is 2.80 bits per heavy atom. The van der Waals surface area contributed by atoms with Crippen molar-refractivity contribution in [1.29, 1.82) is 0 Å². The normalized spacial score (nSPS) is 12.1. The van der Waals surface area contributed by atoms with Crippen LogP contribution in [0, 0.1) is 4.91 Å². The average molecular weight is 213 g/mol. The number of nitrogens with two attached hydrogens (primary N) is 1. The summed E-state index contributed by atoms with van der Waals surface area (Å²) in [6.07, 6.45) is 4.27. The standard InChI is InChI=1S/C9H15N3O3/c1-3-5-9(15-4-2)12(11-14)7-6-8(10)13/h4,6-7,9H,2-3,5H2,1H3,(H2,10,13)/b7-6-. The van der Waals surface area contributed by atoms with Crippen molar-refractivity contribution < 1.29 is 9.53 Å². The molecule has 6 heteroatoms. The molecule has 1 atom stereocenters. The summed E-state index contributed by atoms with van der Waals surface area (Å²) in [4.78, 5) is 20.9. The monoisotopic (exact) mass is 213 g/mol. The van der Waals surface area contributed by atoms with Crippen LogP contribution in [0.5, 0.6) is 0 Å². The zero-order valence-corrected chi connectivity index (χ0v) is 8.63. The summed E-state index contributed by atoms with van der Waals surface area (Å²) in [5, 5.41) is 3.70.